The Morgan fingerprint density at radius 1 is 1.20 bits per heavy atom. The van der Waals surface area contributed by atoms with Crippen LogP contribution in [0.3, 0.4) is 0 Å². The Kier molecular flexibility index (Phi) is 5.03. The van der Waals surface area contributed by atoms with Gasteiger partial charge in [-0.25, -0.2) is 0 Å². The molecule has 0 aliphatic carbocycles. The Morgan fingerprint density at radius 3 is 2.33 bits per heavy atom. The quantitative estimate of drug-likeness (QED) is 0.774. The van der Waals surface area contributed by atoms with Gasteiger partial charge < -0.3 is 14.7 Å². The van der Waals surface area contributed by atoms with Crippen molar-refractivity contribution in [3.8, 4) is 0 Å². The average Bonchev–Trinajstić information content (AvgIpc) is 2.15. The number of β-amino-alcohol motifs (C(OH)–C–C–N with tert-alkyl or cyclic N) is 1. The van der Waals surface area contributed by atoms with Crippen LogP contribution in [0.2, 0.25) is 0 Å². The second kappa shape index (κ2) is 5.83. The minimum atomic E-state index is -0.345. The van der Waals surface area contributed by atoms with Crippen molar-refractivity contribution in [3.05, 3.63) is 0 Å². The molecule has 0 amide bonds. The molecule has 1 rings (SSSR count). The maximum absolute atomic E-state index is 9.80. The van der Waals surface area contributed by atoms with Gasteiger partial charge >= 0.3 is 0 Å². The molecule has 0 aromatic carbocycles. The van der Waals surface area contributed by atoms with Crippen molar-refractivity contribution in [3.63, 3.8) is 0 Å². The minimum Gasteiger partial charge on any atom is -0.389 e. The van der Waals surface area contributed by atoms with E-state index in [0.717, 1.165) is 19.6 Å². The van der Waals surface area contributed by atoms with Gasteiger partial charge in [0, 0.05) is 6.54 Å². The molecule has 1 aliphatic rings. The van der Waals surface area contributed by atoms with E-state index in [1.165, 1.54) is 19.3 Å². The number of aliphatic hydroxyl groups is 1. The van der Waals surface area contributed by atoms with Gasteiger partial charge in [0.2, 0.25) is 0 Å². The molecule has 1 aliphatic heterocycles. The highest BCUT2D eigenvalue weighted by molar-refractivity contribution is 4.70. The van der Waals surface area contributed by atoms with Gasteiger partial charge in [-0.2, -0.15) is 0 Å². The molecule has 0 radical (unpaired) electrons. The fourth-order valence-electron chi connectivity index (χ4n) is 1.84. The summed E-state index contributed by atoms with van der Waals surface area (Å²) in [5, 5.41) is 9.80. The third-order valence-electron chi connectivity index (χ3n) is 2.63. The summed E-state index contributed by atoms with van der Waals surface area (Å²) in [4.78, 5) is 2.33. The Balaban J connectivity index is 2.14. The van der Waals surface area contributed by atoms with Gasteiger partial charge in [-0.05, 0) is 46.7 Å². The van der Waals surface area contributed by atoms with E-state index in [-0.39, 0.29) is 11.7 Å². The summed E-state index contributed by atoms with van der Waals surface area (Å²) in [5.74, 6) is 0. The average molecular weight is 215 g/mol. The van der Waals surface area contributed by atoms with Crippen molar-refractivity contribution in [1.82, 2.24) is 4.90 Å². The number of rotatable bonds is 4. The monoisotopic (exact) mass is 215 g/mol. The van der Waals surface area contributed by atoms with Crippen LogP contribution in [-0.4, -0.2) is 48.0 Å². The molecule has 15 heavy (non-hydrogen) atoms. The number of hydrogen-bond donors (Lipinski definition) is 1. The molecule has 90 valence electrons. The summed E-state index contributed by atoms with van der Waals surface area (Å²) < 4.78 is 5.56. The highest BCUT2D eigenvalue weighted by atomic mass is 16.5. The van der Waals surface area contributed by atoms with Gasteiger partial charge in [-0.1, -0.05) is 6.42 Å². The van der Waals surface area contributed by atoms with Gasteiger partial charge in [0.05, 0.1) is 18.3 Å². The predicted molar refractivity (Wildman–Crippen MR) is 62.0 cm³/mol. The van der Waals surface area contributed by atoms with E-state index < -0.39 is 0 Å². The third kappa shape index (κ3) is 6.13. The third-order valence-corrected chi connectivity index (χ3v) is 2.63. The topological polar surface area (TPSA) is 32.7 Å². The van der Waals surface area contributed by atoms with Gasteiger partial charge in [0.15, 0.2) is 0 Å². The summed E-state index contributed by atoms with van der Waals surface area (Å²) in [7, 11) is 0. The molecule has 0 spiro atoms. The van der Waals surface area contributed by atoms with E-state index in [0.29, 0.717) is 6.61 Å². The fraction of sp³-hybridized carbons (Fsp3) is 1.00. The zero-order valence-electron chi connectivity index (χ0n) is 10.3. The fourth-order valence-corrected chi connectivity index (χ4v) is 1.84. The van der Waals surface area contributed by atoms with E-state index in [9.17, 15) is 5.11 Å². The Morgan fingerprint density at radius 2 is 1.80 bits per heavy atom. The molecule has 1 N–H and O–H groups in total. The highest BCUT2D eigenvalue weighted by Gasteiger charge is 2.17. The van der Waals surface area contributed by atoms with Crippen LogP contribution < -0.4 is 0 Å². The van der Waals surface area contributed by atoms with Crippen LogP contribution in [0.25, 0.3) is 0 Å². The summed E-state index contributed by atoms with van der Waals surface area (Å²) in [6, 6.07) is 0. The zero-order valence-corrected chi connectivity index (χ0v) is 10.3. The molecule has 1 atom stereocenters. The van der Waals surface area contributed by atoms with Gasteiger partial charge in [-0.3, -0.25) is 0 Å². The van der Waals surface area contributed by atoms with Crippen LogP contribution >= 0.6 is 0 Å². The predicted octanol–water partition coefficient (Wildman–Crippen LogP) is 1.65. The van der Waals surface area contributed by atoms with Crippen molar-refractivity contribution in [2.75, 3.05) is 26.2 Å². The standard InChI is InChI=1S/C12H25NO2/c1-12(2,3)15-10-11(14)9-13-7-5-4-6-8-13/h11,14H,4-10H2,1-3H3/t11-/m0/s1. The number of ether oxygens (including phenoxy) is 1. The van der Waals surface area contributed by atoms with Crippen molar-refractivity contribution in [1.29, 1.82) is 0 Å². The number of piperidine rings is 1. The van der Waals surface area contributed by atoms with E-state index in [2.05, 4.69) is 4.90 Å². The smallest absolute Gasteiger partial charge is 0.0900 e. The second-order valence-electron chi connectivity index (χ2n) is 5.44. The van der Waals surface area contributed by atoms with Crippen LogP contribution in [0.5, 0.6) is 0 Å². The van der Waals surface area contributed by atoms with Gasteiger partial charge in [-0.15, -0.1) is 0 Å². The van der Waals surface area contributed by atoms with E-state index in [1.54, 1.807) is 0 Å². The summed E-state index contributed by atoms with van der Waals surface area (Å²) in [6.45, 7) is 9.51. The van der Waals surface area contributed by atoms with Gasteiger partial charge in [0.25, 0.3) is 0 Å². The normalized spacial score (nSPS) is 21.6. The number of aliphatic hydroxyl groups excluding tert-OH is 1. The molecule has 0 aromatic heterocycles. The van der Waals surface area contributed by atoms with Crippen molar-refractivity contribution in [2.24, 2.45) is 0 Å². The Bertz CT molecular complexity index is 171. The first kappa shape index (κ1) is 12.9. The van der Waals surface area contributed by atoms with Crippen LogP contribution in [0, 0.1) is 0 Å². The molecule has 1 heterocycles. The van der Waals surface area contributed by atoms with E-state index in [1.807, 2.05) is 20.8 Å². The molecular formula is C12H25NO2. The molecule has 1 saturated heterocycles. The minimum absolute atomic E-state index is 0.150. The first-order valence-electron chi connectivity index (χ1n) is 6.02. The van der Waals surface area contributed by atoms with Crippen LogP contribution in [-0.2, 0) is 4.74 Å². The maximum Gasteiger partial charge on any atom is 0.0900 e. The van der Waals surface area contributed by atoms with E-state index >= 15 is 0 Å². The number of hydrogen-bond acceptors (Lipinski definition) is 3. The molecule has 0 saturated carbocycles. The van der Waals surface area contributed by atoms with Crippen molar-refractivity contribution >= 4 is 0 Å². The summed E-state index contributed by atoms with van der Waals surface area (Å²) in [6.07, 6.45) is 3.53. The molecule has 0 aromatic rings. The van der Waals surface area contributed by atoms with E-state index in [4.69, 9.17) is 4.74 Å². The first-order chi connectivity index (χ1) is 6.97. The molecule has 0 bridgehead atoms. The maximum atomic E-state index is 9.80. The molecular weight excluding hydrogens is 190 g/mol. The molecule has 1 fully saturated rings. The van der Waals surface area contributed by atoms with Crippen LogP contribution in [0.1, 0.15) is 40.0 Å². The van der Waals surface area contributed by atoms with Crippen molar-refractivity contribution < 1.29 is 9.84 Å². The molecule has 3 heteroatoms. The second-order valence-corrected chi connectivity index (χ2v) is 5.44. The van der Waals surface area contributed by atoms with Gasteiger partial charge in [0.1, 0.15) is 0 Å². The largest absolute Gasteiger partial charge is 0.389 e. The van der Waals surface area contributed by atoms with Crippen LogP contribution in [0.15, 0.2) is 0 Å². The Labute approximate surface area is 93.4 Å². The molecule has 3 nitrogen and oxygen atoms in total. The summed E-state index contributed by atoms with van der Waals surface area (Å²) >= 11 is 0. The zero-order chi connectivity index (χ0) is 11.3. The van der Waals surface area contributed by atoms with Crippen molar-refractivity contribution in [2.45, 2.75) is 51.7 Å². The van der Waals surface area contributed by atoms with Crippen LogP contribution in [0.4, 0.5) is 0 Å². The lowest BCUT2D eigenvalue weighted by Gasteiger charge is -2.29. The lowest BCUT2D eigenvalue weighted by molar-refractivity contribution is -0.0570. The highest BCUT2D eigenvalue weighted by Crippen LogP contribution is 2.11. The summed E-state index contributed by atoms with van der Waals surface area (Å²) in [5.41, 5.74) is -0.150. The first-order valence-corrected chi connectivity index (χ1v) is 6.02. The molecule has 0 unspecified atom stereocenters. The number of likely N-dealkylation sites (tertiary alicyclic amines) is 1. The Hall–Kier alpha value is -0.120. The lowest BCUT2D eigenvalue weighted by atomic mass is 10.1. The SMILES string of the molecule is CC(C)(C)OC[C@@H](O)CN1CCCCC1. The lowest BCUT2D eigenvalue weighted by Crippen LogP contribution is -2.39. The number of nitrogens with zero attached hydrogens (tertiary/aromatic N) is 1.